The van der Waals surface area contributed by atoms with Crippen molar-refractivity contribution in [2.45, 2.75) is 70.5 Å². The Balaban J connectivity index is 1.59. The van der Waals surface area contributed by atoms with Crippen molar-refractivity contribution in [2.24, 2.45) is 0 Å². The summed E-state index contributed by atoms with van der Waals surface area (Å²) in [5.41, 5.74) is 3.46. The molecule has 32 heavy (non-hydrogen) atoms. The van der Waals surface area contributed by atoms with Crippen LogP contribution in [0.25, 0.3) is 0 Å². The van der Waals surface area contributed by atoms with Crippen LogP contribution in [0.1, 0.15) is 68.2 Å². The van der Waals surface area contributed by atoms with Crippen molar-refractivity contribution in [3.63, 3.8) is 0 Å². The smallest absolute Gasteiger partial charge is 0.230 e. The molecule has 168 valence electrons. The molecule has 1 amide bonds. The zero-order valence-corrected chi connectivity index (χ0v) is 19.7. The molecule has 2 aromatic carbocycles. The largest absolute Gasteiger partial charge is 0.345 e. The maximum absolute atomic E-state index is 13.9. The van der Waals surface area contributed by atoms with Crippen LogP contribution in [0.3, 0.4) is 0 Å². The van der Waals surface area contributed by atoms with E-state index in [1.165, 1.54) is 30.5 Å². The number of carbonyl (C=O) groups is 1. The molecule has 1 heterocycles. The third kappa shape index (κ3) is 5.45. The zero-order valence-electron chi connectivity index (χ0n) is 18.9. The van der Waals surface area contributed by atoms with Gasteiger partial charge in [0.25, 0.3) is 0 Å². The fourth-order valence-corrected chi connectivity index (χ4v) is 5.18. The molecular formula is C28H33ClN2O. The van der Waals surface area contributed by atoms with Crippen LogP contribution in [0, 0.1) is 0 Å². The standard InChI is InChI=1S/C28H33ClN2O/c1-2-27(23-12-5-3-6-13-23)28(32)31(25-15-7-4-8-16-25)21-26-17-10-18-30(26)20-22-11-9-14-24(29)19-22/h3,5-6,9-14,17-19,25,27H,2,4,7-8,15-16,20-21H2,1H3/t27-/m1/s1. The molecular weight excluding hydrogens is 416 g/mol. The number of amides is 1. The van der Waals surface area contributed by atoms with Gasteiger partial charge in [-0.25, -0.2) is 0 Å². The molecule has 3 aromatic rings. The van der Waals surface area contributed by atoms with E-state index in [1.807, 2.05) is 36.4 Å². The van der Waals surface area contributed by atoms with Gasteiger partial charge in [0, 0.05) is 29.5 Å². The quantitative estimate of drug-likeness (QED) is 0.362. The molecule has 1 saturated carbocycles. The van der Waals surface area contributed by atoms with Crippen LogP contribution >= 0.6 is 11.6 Å². The van der Waals surface area contributed by atoms with Gasteiger partial charge in [0.2, 0.25) is 5.91 Å². The number of benzene rings is 2. The van der Waals surface area contributed by atoms with Crippen molar-refractivity contribution in [1.82, 2.24) is 9.47 Å². The molecule has 0 radical (unpaired) electrons. The summed E-state index contributed by atoms with van der Waals surface area (Å²) in [5.74, 6) is 0.176. The third-order valence-corrected chi connectivity index (χ3v) is 6.94. The second kappa shape index (κ2) is 10.9. The normalized spacial score (nSPS) is 15.4. The highest BCUT2D eigenvalue weighted by Gasteiger charge is 2.31. The minimum Gasteiger partial charge on any atom is -0.345 e. The average molecular weight is 449 g/mol. The summed E-state index contributed by atoms with van der Waals surface area (Å²) < 4.78 is 2.25. The van der Waals surface area contributed by atoms with Crippen molar-refractivity contribution in [3.05, 3.63) is 94.8 Å². The van der Waals surface area contributed by atoms with E-state index in [4.69, 9.17) is 11.6 Å². The fraction of sp³-hybridized carbons (Fsp3) is 0.393. The van der Waals surface area contributed by atoms with Gasteiger partial charge in [-0.3, -0.25) is 4.79 Å². The number of carbonyl (C=O) groups excluding carboxylic acids is 1. The van der Waals surface area contributed by atoms with E-state index in [0.717, 1.165) is 36.4 Å². The van der Waals surface area contributed by atoms with Crippen LogP contribution < -0.4 is 0 Å². The lowest BCUT2D eigenvalue weighted by Gasteiger charge is -2.37. The van der Waals surface area contributed by atoms with E-state index in [1.54, 1.807) is 0 Å². The van der Waals surface area contributed by atoms with Gasteiger partial charge in [0.1, 0.15) is 0 Å². The van der Waals surface area contributed by atoms with Gasteiger partial charge in [-0.05, 0) is 54.7 Å². The van der Waals surface area contributed by atoms with Gasteiger partial charge < -0.3 is 9.47 Å². The van der Waals surface area contributed by atoms with Gasteiger partial charge in [-0.2, -0.15) is 0 Å². The summed E-state index contributed by atoms with van der Waals surface area (Å²) in [6.07, 6.45) is 8.82. The lowest BCUT2D eigenvalue weighted by Crippen LogP contribution is -2.43. The van der Waals surface area contributed by atoms with Crippen molar-refractivity contribution < 1.29 is 4.79 Å². The van der Waals surface area contributed by atoms with Crippen molar-refractivity contribution >= 4 is 17.5 Å². The molecule has 0 N–H and O–H groups in total. The Morgan fingerprint density at radius 1 is 1.03 bits per heavy atom. The maximum atomic E-state index is 13.9. The van der Waals surface area contributed by atoms with E-state index >= 15 is 0 Å². The van der Waals surface area contributed by atoms with Gasteiger partial charge in [-0.15, -0.1) is 0 Å². The molecule has 1 aromatic heterocycles. The summed E-state index contributed by atoms with van der Waals surface area (Å²) in [4.78, 5) is 16.1. The monoisotopic (exact) mass is 448 g/mol. The van der Waals surface area contributed by atoms with E-state index < -0.39 is 0 Å². The van der Waals surface area contributed by atoms with E-state index in [-0.39, 0.29) is 11.8 Å². The molecule has 0 aliphatic heterocycles. The summed E-state index contributed by atoms with van der Waals surface area (Å²) in [6.45, 7) is 3.53. The highest BCUT2D eigenvalue weighted by atomic mass is 35.5. The third-order valence-electron chi connectivity index (χ3n) is 6.70. The van der Waals surface area contributed by atoms with E-state index in [9.17, 15) is 4.79 Å². The van der Waals surface area contributed by atoms with Crippen molar-refractivity contribution in [2.75, 3.05) is 0 Å². The van der Waals surface area contributed by atoms with Gasteiger partial charge >= 0.3 is 0 Å². The van der Waals surface area contributed by atoms with E-state index in [2.05, 4.69) is 52.9 Å². The number of aromatic nitrogens is 1. The minimum absolute atomic E-state index is 0.0885. The number of hydrogen-bond acceptors (Lipinski definition) is 1. The highest BCUT2D eigenvalue weighted by molar-refractivity contribution is 6.30. The topological polar surface area (TPSA) is 25.2 Å². The predicted molar refractivity (Wildman–Crippen MR) is 132 cm³/mol. The Bertz CT molecular complexity index is 1010. The zero-order chi connectivity index (χ0) is 22.3. The second-order valence-corrected chi connectivity index (χ2v) is 9.32. The van der Waals surface area contributed by atoms with Crippen LogP contribution in [0.5, 0.6) is 0 Å². The molecule has 1 fully saturated rings. The van der Waals surface area contributed by atoms with E-state index in [0.29, 0.717) is 12.6 Å². The van der Waals surface area contributed by atoms with Crippen LogP contribution in [0.15, 0.2) is 72.9 Å². The molecule has 1 aliphatic carbocycles. The molecule has 4 heteroatoms. The second-order valence-electron chi connectivity index (χ2n) is 8.89. The van der Waals surface area contributed by atoms with Crippen LogP contribution in [0.4, 0.5) is 0 Å². The first-order valence-electron chi connectivity index (χ1n) is 11.9. The molecule has 0 bridgehead atoms. The number of nitrogens with zero attached hydrogens (tertiary/aromatic N) is 2. The molecule has 4 rings (SSSR count). The number of halogens is 1. The Labute approximate surface area is 197 Å². The lowest BCUT2D eigenvalue weighted by molar-refractivity contribution is -0.136. The first-order valence-corrected chi connectivity index (χ1v) is 12.3. The summed E-state index contributed by atoms with van der Waals surface area (Å²) in [6, 6.07) is 22.8. The molecule has 0 unspecified atom stereocenters. The number of hydrogen-bond donors (Lipinski definition) is 0. The summed E-state index contributed by atoms with van der Waals surface area (Å²) in [5, 5.41) is 0.754. The molecule has 1 atom stereocenters. The molecule has 0 saturated heterocycles. The Morgan fingerprint density at radius 3 is 2.53 bits per heavy atom. The maximum Gasteiger partial charge on any atom is 0.230 e. The highest BCUT2D eigenvalue weighted by Crippen LogP contribution is 2.30. The Hall–Kier alpha value is -2.52. The van der Waals surface area contributed by atoms with Crippen molar-refractivity contribution in [1.29, 1.82) is 0 Å². The van der Waals surface area contributed by atoms with Gasteiger partial charge in [0.15, 0.2) is 0 Å². The fourth-order valence-electron chi connectivity index (χ4n) is 4.97. The minimum atomic E-state index is -0.0885. The lowest BCUT2D eigenvalue weighted by atomic mass is 9.90. The van der Waals surface area contributed by atoms with Crippen molar-refractivity contribution in [3.8, 4) is 0 Å². The van der Waals surface area contributed by atoms with Crippen LogP contribution in [-0.4, -0.2) is 21.4 Å². The summed E-state index contributed by atoms with van der Waals surface area (Å²) in [7, 11) is 0. The first kappa shape index (κ1) is 22.7. The molecule has 1 aliphatic rings. The molecule has 0 spiro atoms. The van der Waals surface area contributed by atoms with Crippen LogP contribution in [0.2, 0.25) is 5.02 Å². The summed E-state index contributed by atoms with van der Waals surface area (Å²) >= 11 is 6.20. The predicted octanol–water partition coefficient (Wildman–Crippen LogP) is 7.04. The van der Waals surface area contributed by atoms with Crippen LogP contribution in [-0.2, 0) is 17.9 Å². The molecule has 3 nitrogen and oxygen atoms in total. The van der Waals surface area contributed by atoms with Gasteiger partial charge in [0.05, 0.1) is 12.5 Å². The number of rotatable bonds is 8. The Morgan fingerprint density at radius 2 is 1.81 bits per heavy atom. The Kier molecular flexibility index (Phi) is 7.70. The first-order chi connectivity index (χ1) is 15.7. The average Bonchev–Trinajstić information content (AvgIpc) is 3.25. The van der Waals surface area contributed by atoms with Gasteiger partial charge in [-0.1, -0.05) is 80.3 Å². The SMILES string of the molecule is CC[C@@H](C(=O)N(Cc1cccn1Cc1cccc(Cl)c1)C1CCCCC1)c1ccccc1.